The molecule has 1 amide bonds. The van der Waals surface area contributed by atoms with Gasteiger partial charge in [0, 0.05) is 59.9 Å². The molecule has 3 saturated heterocycles. The monoisotopic (exact) mass is 562 g/mol. The van der Waals surface area contributed by atoms with Gasteiger partial charge in [-0.3, -0.25) is 14.7 Å². The fourth-order valence-corrected chi connectivity index (χ4v) is 8.60. The van der Waals surface area contributed by atoms with Crippen molar-refractivity contribution in [3.8, 4) is 11.1 Å². The van der Waals surface area contributed by atoms with E-state index in [-0.39, 0.29) is 30.9 Å². The van der Waals surface area contributed by atoms with Crippen LogP contribution in [-0.4, -0.2) is 88.2 Å². The number of aryl methyl sites for hydroxylation is 3. The molecule has 7 rings (SSSR count). The first-order valence-corrected chi connectivity index (χ1v) is 15.3. The lowest BCUT2D eigenvalue weighted by Crippen LogP contribution is -2.47. The van der Waals surface area contributed by atoms with Crippen LogP contribution in [0.25, 0.3) is 21.3 Å². The minimum absolute atomic E-state index is 0.0497. The molecule has 4 aliphatic heterocycles. The molecule has 1 aromatic carbocycles. The van der Waals surface area contributed by atoms with Gasteiger partial charge in [-0.15, -0.1) is 11.3 Å². The topological polar surface area (TPSA) is 92.7 Å². The molecule has 8 nitrogen and oxygen atoms in total. The molecule has 1 unspecified atom stereocenters. The van der Waals surface area contributed by atoms with Crippen LogP contribution in [0.3, 0.4) is 0 Å². The van der Waals surface area contributed by atoms with E-state index in [9.17, 15) is 15.0 Å². The zero-order valence-corrected chi connectivity index (χ0v) is 24.4. The summed E-state index contributed by atoms with van der Waals surface area (Å²) in [4.78, 5) is 25.2. The van der Waals surface area contributed by atoms with E-state index in [0.717, 1.165) is 59.4 Å². The van der Waals surface area contributed by atoms with E-state index in [0.29, 0.717) is 19.6 Å². The van der Waals surface area contributed by atoms with Gasteiger partial charge in [-0.1, -0.05) is 11.6 Å². The molecule has 3 fully saturated rings. The Morgan fingerprint density at radius 3 is 2.70 bits per heavy atom. The molecule has 2 N–H and O–H groups in total. The molecule has 3 aromatic rings. The average molecular weight is 563 g/mol. The number of amides is 1. The molecule has 40 heavy (non-hydrogen) atoms. The summed E-state index contributed by atoms with van der Waals surface area (Å²) in [5.41, 5.74) is 7.50. The van der Waals surface area contributed by atoms with E-state index in [1.165, 1.54) is 27.9 Å². The number of carbonyl (C=O) groups excluding carboxylic acids is 1. The van der Waals surface area contributed by atoms with Crippen LogP contribution in [0.1, 0.15) is 47.3 Å². The first-order valence-electron chi connectivity index (χ1n) is 14.4. The van der Waals surface area contributed by atoms with Gasteiger partial charge in [-0.25, -0.2) is 0 Å². The summed E-state index contributed by atoms with van der Waals surface area (Å²) in [5, 5.41) is 20.4. The van der Waals surface area contributed by atoms with Gasteiger partial charge in [0.15, 0.2) is 5.72 Å². The van der Waals surface area contributed by atoms with Gasteiger partial charge in [-0.05, 0) is 63.4 Å². The number of ether oxygens (including phenoxy) is 1. The van der Waals surface area contributed by atoms with Gasteiger partial charge in [0.2, 0.25) is 5.91 Å². The van der Waals surface area contributed by atoms with Crippen molar-refractivity contribution in [3.63, 3.8) is 0 Å². The van der Waals surface area contributed by atoms with Crippen LogP contribution in [0, 0.1) is 13.8 Å². The number of nitrogens with zero attached hydrogens (tertiary/aromatic N) is 4. The highest BCUT2D eigenvalue weighted by molar-refractivity contribution is 7.19. The predicted octanol–water partition coefficient (Wildman–Crippen LogP) is 3.61. The molecule has 0 radical (unpaired) electrons. The number of hydrogen-bond acceptors (Lipinski definition) is 8. The molecule has 1 spiro atoms. The van der Waals surface area contributed by atoms with Crippen LogP contribution < -0.4 is 4.90 Å². The number of benzene rings is 1. The Morgan fingerprint density at radius 1 is 1.18 bits per heavy atom. The minimum atomic E-state index is -0.592. The Kier molecular flexibility index (Phi) is 6.25. The van der Waals surface area contributed by atoms with Crippen molar-refractivity contribution >= 4 is 33.1 Å². The second-order valence-corrected chi connectivity index (χ2v) is 13.5. The zero-order valence-electron chi connectivity index (χ0n) is 23.6. The lowest BCUT2D eigenvalue weighted by molar-refractivity contribution is -0.131. The van der Waals surface area contributed by atoms with Crippen LogP contribution in [0.15, 0.2) is 24.4 Å². The molecule has 0 aliphatic carbocycles. The zero-order chi connectivity index (χ0) is 27.8. The number of hydrogen-bond donors (Lipinski definition) is 2. The van der Waals surface area contributed by atoms with Crippen molar-refractivity contribution in [1.29, 1.82) is 0 Å². The molecule has 2 atom stereocenters. The van der Waals surface area contributed by atoms with E-state index < -0.39 is 5.54 Å². The third kappa shape index (κ3) is 4.01. The van der Waals surface area contributed by atoms with E-state index in [1.807, 2.05) is 18.1 Å². The van der Waals surface area contributed by atoms with Crippen molar-refractivity contribution in [2.75, 3.05) is 44.9 Å². The molecule has 2 aromatic heterocycles. The number of thiophene rings is 1. The average Bonchev–Trinajstić information content (AvgIpc) is 3.35. The summed E-state index contributed by atoms with van der Waals surface area (Å²) >= 11 is 1.74. The third-order valence-electron chi connectivity index (χ3n) is 9.77. The van der Waals surface area contributed by atoms with Gasteiger partial charge in [0.25, 0.3) is 0 Å². The summed E-state index contributed by atoms with van der Waals surface area (Å²) in [5.74, 6) is 0.172. The summed E-state index contributed by atoms with van der Waals surface area (Å²) in [6.07, 6.45) is 6.18. The van der Waals surface area contributed by atoms with Gasteiger partial charge in [0.1, 0.15) is 0 Å². The van der Waals surface area contributed by atoms with Gasteiger partial charge in [0.05, 0.1) is 42.1 Å². The summed E-state index contributed by atoms with van der Waals surface area (Å²) in [7, 11) is 2.01. The lowest BCUT2D eigenvalue weighted by atomic mass is 9.88. The maximum Gasteiger partial charge on any atom is 0.225 e. The SMILES string of the molecule is Cc1cc2c(c(-c3c(C)cnc4cc(CN5C(=O)CCC56CO6)sc34)c1)N([C@H]1CN(C)C(CO)(CO)C1)CCC2. The fraction of sp³-hybridized carbons (Fsp3) is 0.548. The molecule has 0 bridgehead atoms. The summed E-state index contributed by atoms with van der Waals surface area (Å²) in [6.45, 7) is 7.18. The Balaban J connectivity index is 1.32. The summed E-state index contributed by atoms with van der Waals surface area (Å²) in [6, 6.07) is 7.00. The summed E-state index contributed by atoms with van der Waals surface area (Å²) < 4.78 is 6.89. The number of likely N-dealkylation sites (tertiary alicyclic amines) is 2. The first-order chi connectivity index (χ1) is 19.3. The van der Waals surface area contributed by atoms with E-state index in [2.05, 4.69) is 41.8 Å². The number of likely N-dealkylation sites (N-methyl/N-ethyl adjacent to an activating group) is 1. The highest BCUT2D eigenvalue weighted by Gasteiger charge is 2.56. The Hall–Kier alpha value is -2.56. The number of carbonyl (C=O) groups is 1. The molecule has 212 valence electrons. The Labute approximate surface area is 239 Å². The number of fused-ring (bicyclic) bond motifs is 2. The molecule has 6 heterocycles. The Bertz CT molecular complexity index is 1490. The number of rotatable bonds is 6. The van der Waals surface area contributed by atoms with E-state index >= 15 is 0 Å². The minimum Gasteiger partial charge on any atom is -0.394 e. The highest BCUT2D eigenvalue weighted by Crippen LogP contribution is 2.48. The van der Waals surface area contributed by atoms with Crippen LogP contribution in [0.2, 0.25) is 0 Å². The van der Waals surface area contributed by atoms with Gasteiger partial charge < -0.3 is 24.7 Å². The van der Waals surface area contributed by atoms with Crippen LogP contribution >= 0.6 is 11.3 Å². The molecule has 9 heteroatoms. The standard InChI is InChI=1S/C31H38N4O4S/c1-19-9-21-5-4-8-34(22-12-30(16-36,17-37)33(3)14-22)28(21)24(10-19)27-20(2)13-32-25-11-23(40-29(25)27)15-35-26(38)6-7-31(35)18-39-31/h9-11,13,22,36-37H,4-8,12,14-18H2,1-3H3/t22-,31?/m1/s1. The number of aromatic nitrogens is 1. The van der Waals surface area contributed by atoms with Crippen molar-refractivity contribution in [1.82, 2.24) is 14.8 Å². The van der Waals surface area contributed by atoms with Crippen molar-refractivity contribution in [2.24, 2.45) is 0 Å². The van der Waals surface area contributed by atoms with Crippen molar-refractivity contribution < 1.29 is 19.7 Å². The van der Waals surface area contributed by atoms with Crippen LogP contribution in [-0.2, 0) is 22.5 Å². The van der Waals surface area contributed by atoms with Gasteiger partial charge in [-0.2, -0.15) is 0 Å². The van der Waals surface area contributed by atoms with Crippen LogP contribution in [0.4, 0.5) is 5.69 Å². The quantitative estimate of drug-likeness (QED) is 0.444. The fourth-order valence-electron chi connectivity index (χ4n) is 7.39. The molecule has 0 saturated carbocycles. The largest absolute Gasteiger partial charge is 0.394 e. The molecule has 4 aliphatic rings. The number of aliphatic hydroxyl groups excluding tert-OH is 2. The highest BCUT2D eigenvalue weighted by atomic mass is 32.1. The van der Waals surface area contributed by atoms with E-state index in [1.54, 1.807) is 11.3 Å². The third-order valence-corrected chi connectivity index (χ3v) is 10.9. The number of pyridine rings is 1. The first kappa shape index (κ1) is 26.3. The number of anilines is 1. The Morgan fingerprint density at radius 2 is 1.98 bits per heavy atom. The smallest absolute Gasteiger partial charge is 0.225 e. The number of epoxide rings is 1. The second kappa shape index (κ2) is 9.49. The van der Waals surface area contributed by atoms with Gasteiger partial charge >= 0.3 is 0 Å². The molecular formula is C31H38N4O4S. The van der Waals surface area contributed by atoms with E-state index in [4.69, 9.17) is 9.72 Å². The second-order valence-electron chi connectivity index (χ2n) is 12.4. The maximum atomic E-state index is 12.7. The maximum absolute atomic E-state index is 12.7. The number of aliphatic hydroxyl groups is 2. The normalized spacial score (nSPS) is 25.9. The van der Waals surface area contributed by atoms with Crippen molar-refractivity contribution in [3.05, 3.63) is 46.0 Å². The lowest BCUT2D eigenvalue weighted by Gasteiger charge is -2.38. The van der Waals surface area contributed by atoms with Crippen molar-refractivity contribution in [2.45, 2.75) is 69.8 Å². The molecular weight excluding hydrogens is 524 g/mol. The van der Waals surface area contributed by atoms with Crippen LogP contribution in [0.5, 0.6) is 0 Å². The predicted molar refractivity (Wildman–Crippen MR) is 157 cm³/mol.